The number of aliphatic hydroxyl groups excluding tert-OH is 1. The van der Waals surface area contributed by atoms with Crippen molar-refractivity contribution in [2.75, 3.05) is 19.8 Å². The Kier molecular flexibility index (Phi) is 2.69. The van der Waals surface area contributed by atoms with Crippen LogP contribution in [0.2, 0.25) is 0 Å². The van der Waals surface area contributed by atoms with Crippen LogP contribution in [0.1, 0.15) is 0 Å². The van der Waals surface area contributed by atoms with Crippen molar-refractivity contribution in [2.45, 2.75) is 12.1 Å². The van der Waals surface area contributed by atoms with Crippen molar-refractivity contribution in [1.29, 1.82) is 0 Å². The largest absolute Gasteiger partial charge is 0.389 e. The van der Waals surface area contributed by atoms with Gasteiger partial charge < -0.3 is 9.84 Å². The summed E-state index contributed by atoms with van der Waals surface area (Å²) in [6.07, 6.45) is 4.62. The fourth-order valence-corrected chi connectivity index (χ4v) is 0.928. The van der Waals surface area contributed by atoms with Gasteiger partial charge in [-0.2, -0.15) is 0 Å². The highest BCUT2D eigenvalue weighted by molar-refractivity contribution is 4.91. The fourth-order valence-electron chi connectivity index (χ4n) is 0.928. The molecule has 1 heterocycles. The van der Waals surface area contributed by atoms with Crippen molar-refractivity contribution in [2.24, 2.45) is 0 Å². The summed E-state index contributed by atoms with van der Waals surface area (Å²) in [6, 6.07) is 0.0241. The van der Waals surface area contributed by atoms with Gasteiger partial charge in [0.2, 0.25) is 0 Å². The fraction of sp³-hybridized carbons (Fsp3) is 0.714. The van der Waals surface area contributed by atoms with Gasteiger partial charge in [-0.3, -0.25) is 5.32 Å². The van der Waals surface area contributed by atoms with Crippen LogP contribution in [0.5, 0.6) is 0 Å². The number of aliphatic hydroxyl groups is 1. The zero-order valence-corrected chi connectivity index (χ0v) is 5.71. The molecule has 1 fully saturated rings. The Bertz CT molecular complexity index is 141. The van der Waals surface area contributed by atoms with E-state index in [4.69, 9.17) is 16.3 Å². The standard InChI is InChI=1S/C7H11NO2/c1-2-3-8-6-4-10-5-7(6)9/h1,6-9H,3-5H2. The van der Waals surface area contributed by atoms with Crippen LogP contribution in [0.3, 0.4) is 0 Å². The molecule has 0 bridgehead atoms. The maximum Gasteiger partial charge on any atom is 0.0948 e. The molecule has 2 atom stereocenters. The number of rotatable bonds is 2. The Morgan fingerprint density at radius 1 is 1.70 bits per heavy atom. The third kappa shape index (κ3) is 1.71. The minimum atomic E-state index is -0.395. The van der Waals surface area contributed by atoms with Crippen molar-refractivity contribution in [3.05, 3.63) is 0 Å². The van der Waals surface area contributed by atoms with E-state index in [-0.39, 0.29) is 6.04 Å². The van der Waals surface area contributed by atoms with Gasteiger partial charge in [0.15, 0.2) is 0 Å². The number of hydrogen-bond donors (Lipinski definition) is 2. The monoisotopic (exact) mass is 141 g/mol. The molecular formula is C7H11NO2. The van der Waals surface area contributed by atoms with Crippen LogP contribution in [0.15, 0.2) is 0 Å². The Morgan fingerprint density at radius 3 is 3.00 bits per heavy atom. The van der Waals surface area contributed by atoms with E-state index < -0.39 is 6.10 Å². The lowest BCUT2D eigenvalue weighted by molar-refractivity contribution is 0.123. The maximum atomic E-state index is 9.16. The molecule has 0 radical (unpaired) electrons. The van der Waals surface area contributed by atoms with E-state index in [9.17, 15) is 0 Å². The number of hydrogen-bond acceptors (Lipinski definition) is 3. The topological polar surface area (TPSA) is 41.5 Å². The average molecular weight is 141 g/mol. The van der Waals surface area contributed by atoms with Crippen molar-refractivity contribution < 1.29 is 9.84 Å². The third-order valence-corrected chi connectivity index (χ3v) is 1.52. The van der Waals surface area contributed by atoms with E-state index in [0.29, 0.717) is 19.8 Å². The second kappa shape index (κ2) is 3.57. The molecule has 0 aromatic carbocycles. The molecule has 0 aromatic heterocycles. The number of terminal acetylenes is 1. The summed E-state index contributed by atoms with van der Waals surface area (Å²) < 4.78 is 4.99. The van der Waals surface area contributed by atoms with E-state index >= 15 is 0 Å². The van der Waals surface area contributed by atoms with Gasteiger partial charge in [-0.1, -0.05) is 5.92 Å². The summed E-state index contributed by atoms with van der Waals surface area (Å²) in [7, 11) is 0. The van der Waals surface area contributed by atoms with Crippen LogP contribution in [-0.2, 0) is 4.74 Å². The summed E-state index contributed by atoms with van der Waals surface area (Å²) in [4.78, 5) is 0. The van der Waals surface area contributed by atoms with Crippen LogP contribution < -0.4 is 5.32 Å². The first-order valence-electron chi connectivity index (χ1n) is 3.27. The Hall–Kier alpha value is -0.560. The molecule has 3 heteroatoms. The minimum Gasteiger partial charge on any atom is -0.389 e. The average Bonchev–Trinajstić information content (AvgIpc) is 2.31. The van der Waals surface area contributed by atoms with E-state index in [1.807, 2.05) is 0 Å². The molecule has 0 spiro atoms. The summed E-state index contributed by atoms with van der Waals surface area (Å²) in [5.41, 5.74) is 0. The Morgan fingerprint density at radius 2 is 2.50 bits per heavy atom. The molecule has 0 amide bonds. The zero-order valence-electron chi connectivity index (χ0n) is 5.71. The molecular weight excluding hydrogens is 130 g/mol. The lowest BCUT2D eigenvalue weighted by Crippen LogP contribution is -2.38. The van der Waals surface area contributed by atoms with Gasteiger partial charge >= 0.3 is 0 Å². The van der Waals surface area contributed by atoms with Crippen molar-refractivity contribution >= 4 is 0 Å². The molecule has 0 aliphatic carbocycles. The molecule has 0 aromatic rings. The minimum absolute atomic E-state index is 0.0241. The first-order valence-corrected chi connectivity index (χ1v) is 3.27. The summed E-state index contributed by atoms with van der Waals surface area (Å²) in [5.74, 6) is 2.44. The van der Waals surface area contributed by atoms with Gasteiger partial charge in [0, 0.05) is 0 Å². The predicted octanol–water partition coefficient (Wildman–Crippen LogP) is -1.03. The summed E-state index contributed by atoms with van der Waals surface area (Å²) in [6.45, 7) is 1.47. The molecule has 0 saturated carbocycles. The zero-order chi connectivity index (χ0) is 7.40. The summed E-state index contributed by atoms with van der Waals surface area (Å²) in [5, 5.41) is 12.1. The van der Waals surface area contributed by atoms with Crippen LogP contribution in [-0.4, -0.2) is 37.0 Å². The molecule has 1 rings (SSSR count). The second-order valence-corrected chi connectivity index (χ2v) is 2.30. The molecule has 3 nitrogen and oxygen atoms in total. The third-order valence-electron chi connectivity index (χ3n) is 1.52. The smallest absolute Gasteiger partial charge is 0.0948 e. The van der Waals surface area contributed by atoms with Gasteiger partial charge in [0.05, 0.1) is 31.9 Å². The van der Waals surface area contributed by atoms with Gasteiger partial charge in [0.1, 0.15) is 0 Å². The molecule has 2 unspecified atom stereocenters. The lowest BCUT2D eigenvalue weighted by Gasteiger charge is -2.11. The normalized spacial score (nSPS) is 32.0. The molecule has 1 aliphatic heterocycles. The van der Waals surface area contributed by atoms with Gasteiger partial charge in [-0.25, -0.2) is 0 Å². The molecule has 1 aliphatic rings. The lowest BCUT2D eigenvalue weighted by atomic mass is 10.2. The van der Waals surface area contributed by atoms with Gasteiger partial charge in [-0.05, 0) is 0 Å². The van der Waals surface area contributed by atoms with Crippen molar-refractivity contribution in [3.63, 3.8) is 0 Å². The van der Waals surface area contributed by atoms with Crippen molar-refractivity contribution in [1.82, 2.24) is 5.32 Å². The van der Waals surface area contributed by atoms with E-state index in [1.165, 1.54) is 0 Å². The van der Waals surface area contributed by atoms with Gasteiger partial charge in [0.25, 0.3) is 0 Å². The van der Waals surface area contributed by atoms with Gasteiger partial charge in [-0.15, -0.1) is 6.42 Å². The maximum absolute atomic E-state index is 9.16. The Labute approximate surface area is 60.4 Å². The first kappa shape index (κ1) is 7.55. The predicted molar refractivity (Wildman–Crippen MR) is 37.4 cm³/mol. The molecule has 2 N–H and O–H groups in total. The van der Waals surface area contributed by atoms with Crippen LogP contribution in [0.25, 0.3) is 0 Å². The highest BCUT2D eigenvalue weighted by Gasteiger charge is 2.24. The second-order valence-electron chi connectivity index (χ2n) is 2.30. The van der Waals surface area contributed by atoms with Crippen LogP contribution in [0.4, 0.5) is 0 Å². The summed E-state index contributed by atoms with van der Waals surface area (Å²) >= 11 is 0. The van der Waals surface area contributed by atoms with Crippen LogP contribution >= 0.6 is 0 Å². The Balaban J connectivity index is 2.21. The highest BCUT2D eigenvalue weighted by Crippen LogP contribution is 2.03. The highest BCUT2D eigenvalue weighted by atomic mass is 16.5. The van der Waals surface area contributed by atoms with E-state index in [0.717, 1.165) is 0 Å². The van der Waals surface area contributed by atoms with Crippen LogP contribution in [0, 0.1) is 12.3 Å². The molecule has 1 saturated heterocycles. The molecule has 56 valence electrons. The quantitative estimate of drug-likeness (QED) is 0.483. The SMILES string of the molecule is C#CCNC1COCC1O. The number of ether oxygens (including phenoxy) is 1. The van der Waals surface area contributed by atoms with Crippen molar-refractivity contribution in [3.8, 4) is 12.3 Å². The first-order chi connectivity index (χ1) is 4.84. The number of nitrogens with one attached hydrogen (secondary N) is 1. The molecule has 10 heavy (non-hydrogen) atoms. The van der Waals surface area contributed by atoms with E-state index in [1.54, 1.807) is 0 Å². The van der Waals surface area contributed by atoms with E-state index in [2.05, 4.69) is 11.2 Å².